The monoisotopic (exact) mass is 374 g/mol. The molecule has 0 saturated carbocycles. The maximum absolute atomic E-state index is 12.3. The summed E-state index contributed by atoms with van der Waals surface area (Å²) in [5.74, 6) is 0.361. The number of tetrazole rings is 1. The van der Waals surface area contributed by atoms with Crippen LogP contribution in [0.2, 0.25) is 0 Å². The molecule has 8 heteroatoms. The molecule has 0 spiro atoms. The van der Waals surface area contributed by atoms with Crippen LogP contribution in [-0.4, -0.2) is 62.4 Å². The van der Waals surface area contributed by atoms with Gasteiger partial charge in [0.15, 0.2) is 0 Å². The molecule has 1 fully saturated rings. The van der Waals surface area contributed by atoms with Gasteiger partial charge in [0.05, 0.1) is 11.4 Å². The molecule has 26 heavy (non-hydrogen) atoms. The molecule has 0 aliphatic carbocycles. The Morgan fingerprint density at radius 3 is 2.77 bits per heavy atom. The van der Waals surface area contributed by atoms with Crippen molar-refractivity contribution in [1.82, 2.24) is 30.4 Å². The first-order valence-electron chi connectivity index (χ1n) is 9.07. The normalized spacial score (nSPS) is 16.0. The first-order chi connectivity index (χ1) is 12.6. The van der Waals surface area contributed by atoms with Crippen LogP contribution in [0.3, 0.4) is 0 Å². The molecule has 0 radical (unpaired) electrons. The van der Waals surface area contributed by atoms with Crippen LogP contribution in [0.5, 0.6) is 0 Å². The zero-order valence-corrected chi connectivity index (χ0v) is 16.4. The highest BCUT2D eigenvalue weighted by atomic mass is 32.2. The van der Waals surface area contributed by atoms with Crippen LogP contribution in [0.25, 0.3) is 5.69 Å². The molecular formula is C18H26N6OS. The first kappa shape index (κ1) is 18.8. The summed E-state index contributed by atoms with van der Waals surface area (Å²) in [6.45, 7) is 9.46. The van der Waals surface area contributed by atoms with Gasteiger partial charge in [-0.1, -0.05) is 36.4 Å². The Kier molecular flexibility index (Phi) is 6.26. The third kappa shape index (κ3) is 4.62. The summed E-state index contributed by atoms with van der Waals surface area (Å²) in [7, 11) is 0. The second kappa shape index (κ2) is 8.64. The van der Waals surface area contributed by atoms with Gasteiger partial charge in [0, 0.05) is 19.1 Å². The predicted octanol–water partition coefficient (Wildman–Crippen LogP) is 1.97. The van der Waals surface area contributed by atoms with E-state index in [4.69, 9.17) is 0 Å². The van der Waals surface area contributed by atoms with Gasteiger partial charge in [-0.3, -0.25) is 4.79 Å². The van der Waals surface area contributed by atoms with E-state index in [0.29, 0.717) is 10.9 Å². The highest BCUT2D eigenvalue weighted by molar-refractivity contribution is 7.99. The Bertz CT molecular complexity index is 754. The lowest BCUT2D eigenvalue weighted by Crippen LogP contribution is -2.45. The number of hydrogen-bond donors (Lipinski definition) is 1. The number of carbonyl (C=O) groups is 1. The second-order valence-corrected chi connectivity index (χ2v) is 7.67. The lowest BCUT2D eigenvalue weighted by molar-refractivity contribution is -0.119. The minimum Gasteiger partial charge on any atom is -0.353 e. The quantitative estimate of drug-likeness (QED) is 0.779. The van der Waals surface area contributed by atoms with Crippen LogP contribution >= 0.6 is 11.8 Å². The summed E-state index contributed by atoms with van der Waals surface area (Å²) in [5, 5.41) is 15.7. The Morgan fingerprint density at radius 2 is 2.08 bits per heavy atom. The Morgan fingerprint density at radius 1 is 1.31 bits per heavy atom. The van der Waals surface area contributed by atoms with Crippen molar-refractivity contribution in [2.45, 2.75) is 44.8 Å². The standard InChI is InChI=1S/C18H26N6OS/c1-4-23-9-7-15(8-10-23)19-17(25)12-26-18-20-21-22-24(18)16-6-5-13(2)11-14(16)3/h5-6,11,15H,4,7-10,12H2,1-3H3,(H,19,25). The minimum absolute atomic E-state index is 0.0418. The lowest BCUT2D eigenvalue weighted by atomic mass is 10.1. The van der Waals surface area contributed by atoms with Gasteiger partial charge in [-0.25, -0.2) is 0 Å². The van der Waals surface area contributed by atoms with E-state index in [1.165, 1.54) is 17.3 Å². The lowest BCUT2D eigenvalue weighted by Gasteiger charge is -2.31. The van der Waals surface area contributed by atoms with E-state index in [9.17, 15) is 4.79 Å². The maximum atomic E-state index is 12.3. The van der Waals surface area contributed by atoms with Gasteiger partial charge in [0.25, 0.3) is 0 Å². The van der Waals surface area contributed by atoms with Crippen LogP contribution in [0.15, 0.2) is 23.4 Å². The van der Waals surface area contributed by atoms with Crippen LogP contribution < -0.4 is 5.32 Å². The number of piperidine rings is 1. The van der Waals surface area contributed by atoms with E-state index in [-0.39, 0.29) is 11.9 Å². The summed E-state index contributed by atoms with van der Waals surface area (Å²) < 4.78 is 1.70. The fourth-order valence-corrected chi connectivity index (χ4v) is 3.95. The number of nitrogens with zero attached hydrogens (tertiary/aromatic N) is 5. The largest absolute Gasteiger partial charge is 0.353 e. The zero-order valence-electron chi connectivity index (χ0n) is 15.6. The van der Waals surface area contributed by atoms with E-state index >= 15 is 0 Å². The number of nitrogens with one attached hydrogen (secondary N) is 1. The number of aryl methyl sites for hydroxylation is 2. The molecule has 2 aromatic rings. The Hall–Kier alpha value is -1.93. The van der Waals surface area contributed by atoms with Gasteiger partial charge >= 0.3 is 0 Å². The number of carbonyl (C=O) groups excluding carboxylic acids is 1. The number of thioether (sulfide) groups is 1. The number of benzene rings is 1. The summed E-state index contributed by atoms with van der Waals surface area (Å²) in [6, 6.07) is 6.42. The molecule has 0 unspecified atom stereocenters. The molecule has 3 rings (SSSR count). The van der Waals surface area contributed by atoms with E-state index in [0.717, 1.165) is 43.7 Å². The number of amides is 1. The molecule has 1 aromatic heterocycles. The van der Waals surface area contributed by atoms with Crippen LogP contribution in [-0.2, 0) is 4.79 Å². The molecule has 0 atom stereocenters. The van der Waals surface area contributed by atoms with E-state index in [1.807, 2.05) is 19.1 Å². The SMILES string of the molecule is CCN1CCC(NC(=O)CSc2nnnn2-c2ccc(C)cc2C)CC1. The van der Waals surface area contributed by atoms with Crippen LogP contribution in [0, 0.1) is 13.8 Å². The van der Waals surface area contributed by atoms with Crippen molar-refractivity contribution >= 4 is 17.7 Å². The molecule has 2 heterocycles. The molecule has 140 valence electrons. The van der Waals surface area contributed by atoms with Gasteiger partial charge in [0.2, 0.25) is 11.1 Å². The van der Waals surface area contributed by atoms with Crippen LogP contribution in [0.1, 0.15) is 30.9 Å². The molecular weight excluding hydrogens is 348 g/mol. The van der Waals surface area contributed by atoms with Gasteiger partial charge in [-0.15, -0.1) is 5.10 Å². The van der Waals surface area contributed by atoms with Crippen molar-refractivity contribution in [2.24, 2.45) is 0 Å². The van der Waals surface area contributed by atoms with Crippen molar-refractivity contribution in [3.05, 3.63) is 29.3 Å². The molecule has 1 N–H and O–H groups in total. The van der Waals surface area contributed by atoms with Gasteiger partial charge in [-0.05, 0) is 55.3 Å². The van der Waals surface area contributed by atoms with Crippen molar-refractivity contribution in [3.8, 4) is 5.69 Å². The molecule has 0 bridgehead atoms. The Labute approximate surface area is 158 Å². The second-order valence-electron chi connectivity index (χ2n) is 6.73. The first-order valence-corrected chi connectivity index (χ1v) is 10.1. The molecule has 1 saturated heterocycles. The summed E-state index contributed by atoms with van der Waals surface area (Å²) in [6.07, 6.45) is 2.04. The summed E-state index contributed by atoms with van der Waals surface area (Å²) >= 11 is 1.37. The number of likely N-dealkylation sites (tertiary alicyclic amines) is 1. The number of aromatic nitrogens is 4. The Balaban J connectivity index is 1.56. The average molecular weight is 375 g/mol. The van der Waals surface area contributed by atoms with E-state index in [2.05, 4.69) is 45.7 Å². The fourth-order valence-electron chi connectivity index (χ4n) is 3.26. The maximum Gasteiger partial charge on any atom is 0.230 e. The average Bonchev–Trinajstić information content (AvgIpc) is 3.09. The topological polar surface area (TPSA) is 75.9 Å². The molecule has 1 amide bonds. The number of rotatable bonds is 6. The summed E-state index contributed by atoms with van der Waals surface area (Å²) in [5.41, 5.74) is 3.24. The molecule has 7 nitrogen and oxygen atoms in total. The predicted molar refractivity (Wildman–Crippen MR) is 103 cm³/mol. The van der Waals surface area contributed by atoms with Gasteiger partial charge in [-0.2, -0.15) is 4.68 Å². The van der Waals surface area contributed by atoms with Crippen molar-refractivity contribution in [1.29, 1.82) is 0 Å². The van der Waals surface area contributed by atoms with Gasteiger partial charge in [0.1, 0.15) is 0 Å². The molecule has 1 aliphatic heterocycles. The number of hydrogen-bond acceptors (Lipinski definition) is 6. The summed E-state index contributed by atoms with van der Waals surface area (Å²) in [4.78, 5) is 14.7. The van der Waals surface area contributed by atoms with E-state index < -0.39 is 0 Å². The molecule has 1 aliphatic rings. The van der Waals surface area contributed by atoms with Crippen molar-refractivity contribution < 1.29 is 4.79 Å². The minimum atomic E-state index is 0.0418. The van der Waals surface area contributed by atoms with Crippen molar-refractivity contribution in [2.75, 3.05) is 25.4 Å². The van der Waals surface area contributed by atoms with Crippen molar-refractivity contribution in [3.63, 3.8) is 0 Å². The third-order valence-electron chi connectivity index (χ3n) is 4.75. The van der Waals surface area contributed by atoms with Gasteiger partial charge < -0.3 is 10.2 Å². The third-order valence-corrected chi connectivity index (χ3v) is 5.67. The molecule has 1 aromatic carbocycles. The van der Waals surface area contributed by atoms with E-state index in [1.54, 1.807) is 4.68 Å². The zero-order chi connectivity index (χ0) is 18.5. The van der Waals surface area contributed by atoms with Crippen LogP contribution in [0.4, 0.5) is 0 Å². The highest BCUT2D eigenvalue weighted by Gasteiger charge is 2.20. The smallest absolute Gasteiger partial charge is 0.230 e. The fraction of sp³-hybridized carbons (Fsp3) is 0.556. The highest BCUT2D eigenvalue weighted by Crippen LogP contribution is 2.21.